The van der Waals surface area contributed by atoms with Crippen LogP contribution in [0.15, 0.2) is 18.7 Å². The summed E-state index contributed by atoms with van der Waals surface area (Å²) in [6.07, 6.45) is 13.3. The molecule has 0 aliphatic carbocycles. The van der Waals surface area contributed by atoms with Crippen molar-refractivity contribution in [1.82, 2.24) is 20.5 Å². The zero-order valence-electron chi connectivity index (χ0n) is 16.9. The second-order valence-corrected chi connectivity index (χ2v) is 9.09. The first kappa shape index (κ1) is 21.0. The number of hydrogen-bond acceptors (Lipinski definition) is 3. The lowest BCUT2D eigenvalue weighted by atomic mass is 10.0. The summed E-state index contributed by atoms with van der Waals surface area (Å²) in [5.41, 5.74) is 0. The number of imidazole rings is 1. The van der Waals surface area contributed by atoms with Crippen molar-refractivity contribution in [2.75, 3.05) is 12.3 Å². The van der Waals surface area contributed by atoms with Crippen molar-refractivity contribution in [3.63, 3.8) is 0 Å². The number of nitrogens with zero attached hydrogens (tertiary/aromatic N) is 2. The highest BCUT2D eigenvalue weighted by atomic mass is 32.2. The van der Waals surface area contributed by atoms with Crippen LogP contribution in [0, 0.1) is 0 Å². The maximum Gasteiger partial charge on any atom is 0.315 e. The molecule has 1 aromatic heterocycles. The molecule has 3 amide bonds. The standard InChI is InChI=1S/C20H33N5O2S/c1-2-3-10-24-12-13-25(15-24)11-6-9-21-18(26)8-5-4-7-17-19-16(14-28-17)22-20(27)23-19/h12-13,15-17,19H,2-11,14H2,1H3,(H2-,21,22,23,26,27)/p+1/t16-,17-,19-/m0/s1. The topological polar surface area (TPSA) is 79.0 Å². The summed E-state index contributed by atoms with van der Waals surface area (Å²) in [6, 6.07) is 0.517. The first-order chi connectivity index (χ1) is 13.7. The normalized spacial score (nSPS) is 23.3. The molecule has 7 nitrogen and oxygen atoms in total. The Morgan fingerprint density at radius 3 is 3.07 bits per heavy atom. The molecule has 2 saturated heterocycles. The lowest BCUT2D eigenvalue weighted by Crippen LogP contribution is -2.36. The Kier molecular flexibility index (Phi) is 8.06. The average Bonchev–Trinajstić information content (AvgIpc) is 3.37. The van der Waals surface area contributed by atoms with Crippen LogP contribution in [0.2, 0.25) is 0 Å². The molecule has 0 aromatic carbocycles. The number of unbranched alkanes of at least 4 members (excludes halogenated alkanes) is 2. The summed E-state index contributed by atoms with van der Waals surface area (Å²) in [4.78, 5) is 23.4. The number of fused-ring (bicyclic) bond motifs is 1. The molecule has 3 heterocycles. The monoisotopic (exact) mass is 408 g/mol. The van der Waals surface area contributed by atoms with Crippen LogP contribution in [0.25, 0.3) is 0 Å². The number of amides is 3. The molecule has 0 saturated carbocycles. The first-order valence-corrected chi connectivity index (χ1v) is 11.7. The predicted molar refractivity (Wildman–Crippen MR) is 111 cm³/mol. The fourth-order valence-electron chi connectivity index (χ4n) is 3.90. The molecule has 0 bridgehead atoms. The molecule has 1 aromatic rings. The van der Waals surface area contributed by atoms with E-state index in [0.29, 0.717) is 11.7 Å². The molecule has 28 heavy (non-hydrogen) atoms. The maximum absolute atomic E-state index is 12.0. The van der Waals surface area contributed by atoms with Gasteiger partial charge in [0.2, 0.25) is 12.2 Å². The molecule has 0 unspecified atom stereocenters. The molecule has 2 fully saturated rings. The lowest BCUT2D eigenvalue weighted by molar-refractivity contribution is -0.696. The van der Waals surface area contributed by atoms with Crippen LogP contribution in [0.5, 0.6) is 0 Å². The third-order valence-electron chi connectivity index (χ3n) is 5.51. The average molecular weight is 409 g/mol. The van der Waals surface area contributed by atoms with Gasteiger partial charge in [-0.05, 0) is 19.3 Å². The van der Waals surface area contributed by atoms with E-state index < -0.39 is 0 Å². The van der Waals surface area contributed by atoms with Gasteiger partial charge in [0.15, 0.2) is 0 Å². The summed E-state index contributed by atoms with van der Waals surface area (Å²) in [6.45, 7) is 4.94. The second kappa shape index (κ2) is 10.7. The van der Waals surface area contributed by atoms with Crippen molar-refractivity contribution in [3.8, 4) is 0 Å². The largest absolute Gasteiger partial charge is 0.356 e. The summed E-state index contributed by atoms with van der Waals surface area (Å²) < 4.78 is 4.41. The van der Waals surface area contributed by atoms with Crippen LogP contribution in [0.1, 0.15) is 51.9 Å². The molecule has 0 radical (unpaired) electrons. The van der Waals surface area contributed by atoms with E-state index in [0.717, 1.165) is 51.1 Å². The second-order valence-electron chi connectivity index (χ2n) is 7.81. The third kappa shape index (κ3) is 6.15. The molecule has 156 valence electrons. The minimum atomic E-state index is -0.0321. The lowest BCUT2D eigenvalue weighted by Gasteiger charge is -2.16. The molecule has 0 spiro atoms. The fraction of sp³-hybridized carbons (Fsp3) is 0.750. The summed E-state index contributed by atoms with van der Waals surface area (Å²) >= 11 is 1.93. The number of carbonyl (C=O) groups excluding carboxylic acids is 2. The SMILES string of the molecule is CCCCn1cc[n+](CCCNC(=O)CCCC[C@@H]2SC[C@@H]3NC(=O)N[C@@H]32)c1. The zero-order valence-corrected chi connectivity index (χ0v) is 17.7. The molecule has 3 N–H and O–H groups in total. The Bertz CT molecular complexity index is 650. The van der Waals surface area contributed by atoms with E-state index in [2.05, 4.69) is 50.7 Å². The van der Waals surface area contributed by atoms with Crippen LogP contribution in [-0.4, -0.2) is 46.1 Å². The minimum absolute atomic E-state index is 0.0321. The van der Waals surface area contributed by atoms with Gasteiger partial charge in [-0.1, -0.05) is 19.8 Å². The molecule has 2 aliphatic heterocycles. The van der Waals surface area contributed by atoms with Crippen molar-refractivity contribution in [2.45, 2.75) is 82.3 Å². The van der Waals surface area contributed by atoms with E-state index in [-0.39, 0.29) is 24.0 Å². The van der Waals surface area contributed by atoms with E-state index in [1.807, 2.05) is 11.8 Å². The number of rotatable bonds is 12. The quantitative estimate of drug-likeness (QED) is 0.280. The molecule has 3 rings (SSSR count). The Balaban J connectivity index is 1.20. The zero-order chi connectivity index (χ0) is 19.8. The number of nitrogens with one attached hydrogen (secondary N) is 3. The minimum Gasteiger partial charge on any atom is -0.356 e. The van der Waals surface area contributed by atoms with Gasteiger partial charge in [-0.15, -0.1) is 0 Å². The highest BCUT2D eigenvalue weighted by Crippen LogP contribution is 2.33. The van der Waals surface area contributed by atoms with Gasteiger partial charge in [0.1, 0.15) is 12.4 Å². The summed E-state index contributed by atoms with van der Waals surface area (Å²) in [5, 5.41) is 9.50. The van der Waals surface area contributed by atoms with Crippen LogP contribution in [-0.2, 0) is 17.9 Å². The Labute approximate surface area is 172 Å². The van der Waals surface area contributed by atoms with Crippen LogP contribution >= 0.6 is 11.8 Å². The van der Waals surface area contributed by atoms with Gasteiger partial charge >= 0.3 is 6.03 Å². The smallest absolute Gasteiger partial charge is 0.315 e. The van der Waals surface area contributed by atoms with Crippen molar-refractivity contribution in [1.29, 1.82) is 0 Å². The molecule has 8 heteroatoms. The molecular formula is C20H34N5O2S+. The number of thioether (sulfide) groups is 1. The van der Waals surface area contributed by atoms with E-state index >= 15 is 0 Å². The van der Waals surface area contributed by atoms with E-state index in [1.54, 1.807) is 0 Å². The van der Waals surface area contributed by atoms with Crippen molar-refractivity contribution >= 4 is 23.7 Å². The van der Waals surface area contributed by atoms with Gasteiger partial charge in [-0.25, -0.2) is 13.9 Å². The van der Waals surface area contributed by atoms with E-state index in [4.69, 9.17) is 0 Å². The number of aryl methyl sites for hydroxylation is 2. The van der Waals surface area contributed by atoms with Gasteiger partial charge in [0.25, 0.3) is 0 Å². The Morgan fingerprint density at radius 2 is 2.21 bits per heavy atom. The van der Waals surface area contributed by atoms with Crippen molar-refractivity contribution < 1.29 is 14.2 Å². The predicted octanol–water partition coefficient (Wildman–Crippen LogP) is 1.81. The number of carbonyl (C=O) groups is 2. The van der Waals surface area contributed by atoms with Crippen molar-refractivity contribution in [2.24, 2.45) is 0 Å². The van der Waals surface area contributed by atoms with Crippen LogP contribution in [0.3, 0.4) is 0 Å². The van der Waals surface area contributed by atoms with Gasteiger partial charge < -0.3 is 16.0 Å². The summed E-state index contributed by atoms with van der Waals surface area (Å²) in [7, 11) is 0. The highest BCUT2D eigenvalue weighted by Gasteiger charge is 2.42. The molecule has 3 atom stereocenters. The first-order valence-electron chi connectivity index (χ1n) is 10.7. The van der Waals surface area contributed by atoms with Gasteiger partial charge in [-0.3, -0.25) is 4.79 Å². The Morgan fingerprint density at radius 1 is 1.32 bits per heavy atom. The van der Waals surface area contributed by atoms with Gasteiger partial charge in [0.05, 0.1) is 25.2 Å². The fourth-order valence-corrected chi connectivity index (χ4v) is 5.44. The third-order valence-corrected chi connectivity index (χ3v) is 7.02. The number of aromatic nitrogens is 2. The molecular weight excluding hydrogens is 374 g/mol. The van der Waals surface area contributed by atoms with Crippen LogP contribution in [0.4, 0.5) is 4.79 Å². The Hall–Kier alpha value is -1.70. The number of hydrogen-bond donors (Lipinski definition) is 3. The van der Waals surface area contributed by atoms with Gasteiger partial charge in [-0.2, -0.15) is 11.8 Å². The summed E-state index contributed by atoms with van der Waals surface area (Å²) in [5.74, 6) is 1.15. The maximum atomic E-state index is 12.0. The number of urea groups is 1. The van der Waals surface area contributed by atoms with Crippen molar-refractivity contribution in [3.05, 3.63) is 18.7 Å². The van der Waals surface area contributed by atoms with Gasteiger partial charge in [0, 0.05) is 30.4 Å². The van der Waals surface area contributed by atoms with Crippen LogP contribution < -0.4 is 20.5 Å². The highest BCUT2D eigenvalue weighted by molar-refractivity contribution is 8.00. The van der Waals surface area contributed by atoms with E-state index in [1.165, 1.54) is 12.8 Å². The molecule has 2 aliphatic rings. The van der Waals surface area contributed by atoms with E-state index in [9.17, 15) is 9.59 Å².